The van der Waals surface area contributed by atoms with Gasteiger partial charge in [0.2, 0.25) is 0 Å². The Balaban J connectivity index is 1.92. The Bertz CT molecular complexity index is 470. The highest BCUT2D eigenvalue weighted by Gasteiger charge is 2.22. The summed E-state index contributed by atoms with van der Waals surface area (Å²) in [6.45, 7) is 1.88. The van der Waals surface area contributed by atoms with Crippen LogP contribution in [-0.2, 0) is 4.79 Å². The number of hydrogen-bond donors (Lipinski definition) is 1. The van der Waals surface area contributed by atoms with Crippen molar-refractivity contribution in [2.45, 2.75) is 70.4 Å². The van der Waals surface area contributed by atoms with Gasteiger partial charge in [0.05, 0.1) is 0 Å². The Kier molecular flexibility index (Phi) is 6.69. The second kappa shape index (κ2) is 8.76. The fraction of sp³-hybridized carbons (Fsp3) is 0.611. The first-order chi connectivity index (χ1) is 10.7. The predicted molar refractivity (Wildman–Crippen MR) is 85.4 cm³/mol. The average molecular weight is 307 g/mol. The molecule has 0 spiro atoms. The Morgan fingerprint density at radius 2 is 1.86 bits per heavy atom. The van der Waals surface area contributed by atoms with Gasteiger partial charge < -0.3 is 10.1 Å². The van der Waals surface area contributed by atoms with Crippen molar-refractivity contribution < 1.29 is 13.9 Å². The summed E-state index contributed by atoms with van der Waals surface area (Å²) in [5.41, 5.74) is 0. The number of amides is 1. The summed E-state index contributed by atoms with van der Waals surface area (Å²) in [5, 5.41) is 3.09. The zero-order valence-corrected chi connectivity index (χ0v) is 13.3. The van der Waals surface area contributed by atoms with Crippen molar-refractivity contribution in [1.29, 1.82) is 0 Å². The zero-order chi connectivity index (χ0) is 15.8. The lowest BCUT2D eigenvalue weighted by Crippen LogP contribution is -2.43. The molecule has 0 heterocycles. The van der Waals surface area contributed by atoms with Crippen LogP contribution in [-0.4, -0.2) is 18.1 Å². The van der Waals surface area contributed by atoms with Crippen molar-refractivity contribution in [3.05, 3.63) is 30.1 Å². The van der Waals surface area contributed by atoms with Gasteiger partial charge in [0.25, 0.3) is 5.91 Å². The Morgan fingerprint density at radius 3 is 2.50 bits per heavy atom. The monoisotopic (exact) mass is 307 g/mol. The van der Waals surface area contributed by atoms with Crippen LogP contribution in [0.4, 0.5) is 4.39 Å². The topological polar surface area (TPSA) is 38.3 Å². The molecule has 0 bridgehead atoms. The lowest BCUT2D eigenvalue weighted by atomic mass is 9.96. The molecular formula is C18H26FNO2. The number of rotatable bonds is 5. The maximum atomic E-state index is 13.7. The SMILES string of the molecule is CC[C@H](Oc1ccccc1F)C(=O)NC1CCCCCCC1. The molecule has 1 aromatic rings. The summed E-state index contributed by atoms with van der Waals surface area (Å²) in [7, 11) is 0. The molecule has 0 unspecified atom stereocenters. The first-order valence-electron chi connectivity index (χ1n) is 8.42. The second-order valence-corrected chi connectivity index (χ2v) is 6.00. The van der Waals surface area contributed by atoms with Crippen molar-refractivity contribution in [2.24, 2.45) is 0 Å². The maximum Gasteiger partial charge on any atom is 0.261 e. The summed E-state index contributed by atoms with van der Waals surface area (Å²) in [4.78, 5) is 12.4. The van der Waals surface area contributed by atoms with Gasteiger partial charge in [0.15, 0.2) is 17.7 Å². The van der Waals surface area contributed by atoms with Gasteiger partial charge in [-0.25, -0.2) is 4.39 Å². The first kappa shape index (κ1) is 16.8. The van der Waals surface area contributed by atoms with Gasteiger partial charge >= 0.3 is 0 Å². The van der Waals surface area contributed by atoms with Gasteiger partial charge in [-0.1, -0.05) is 51.2 Å². The molecule has 0 aliphatic heterocycles. The van der Waals surface area contributed by atoms with Crippen LogP contribution in [0.1, 0.15) is 58.3 Å². The van der Waals surface area contributed by atoms with Crippen LogP contribution < -0.4 is 10.1 Å². The fourth-order valence-corrected chi connectivity index (χ4v) is 2.91. The molecule has 2 rings (SSSR count). The third-order valence-electron chi connectivity index (χ3n) is 4.22. The van der Waals surface area contributed by atoms with Crippen LogP contribution in [0.2, 0.25) is 0 Å². The summed E-state index contributed by atoms with van der Waals surface area (Å²) < 4.78 is 19.2. The van der Waals surface area contributed by atoms with Crippen molar-refractivity contribution >= 4 is 5.91 Å². The number of nitrogens with one attached hydrogen (secondary N) is 1. The van der Waals surface area contributed by atoms with Gasteiger partial charge in [-0.3, -0.25) is 4.79 Å². The number of halogens is 1. The lowest BCUT2D eigenvalue weighted by molar-refractivity contribution is -0.129. The van der Waals surface area contributed by atoms with Crippen LogP contribution in [0.25, 0.3) is 0 Å². The fourth-order valence-electron chi connectivity index (χ4n) is 2.91. The van der Waals surface area contributed by atoms with Crippen molar-refractivity contribution in [3.8, 4) is 5.75 Å². The van der Waals surface area contributed by atoms with Gasteiger partial charge in [-0.15, -0.1) is 0 Å². The molecule has 0 aromatic heterocycles. The predicted octanol–water partition coefficient (Wildman–Crippen LogP) is 4.21. The van der Waals surface area contributed by atoms with E-state index in [9.17, 15) is 9.18 Å². The summed E-state index contributed by atoms with van der Waals surface area (Å²) in [5.74, 6) is -0.418. The van der Waals surface area contributed by atoms with E-state index in [1.54, 1.807) is 18.2 Å². The quantitative estimate of drug-likeness (QED) is 0.885. The standard InChI is InChI=1S/C18H26FNO2/c1-2-16(22-17-13-9-8-12-15(17)19)18(21)20-14-10-6-4-3-5-7-11-14/h8-9,12-14,16H,2-7,10-11H2,1H3,(H,20,21)/t16-/m0/s1. The van der Waals surface area contributed by atoms with Gasteiger partial charge in [-0.05, 0) is 31.4 Å². The number of para-hydroxylation sites is 1. The minimum atomic E-state index is -0.637. The minimum Gasteiger partial charge on any atom is -0.478 e. The van der Waals surface area contributed by atoms with E-state index in [-0.39, 0.29) is 17.7 Å². The number of carbonyl (C=O) groups is 1. The van der Waals surface area contributed by atoms with Crippen LogP contribution in [0.3, 0.4) is 0 Å². The number of ether oxygens (including phenoxy) is 1. The molecule has 1 amide bonds. The van der Waals surface area contributed by atoms with Gasteiger partial charge in [0.1, 0.15) is 0 Å². The highest BCUT2D eigenvalue weighted by Crippen LogP contribution is 2.20. The molecule has 1 aliphatic rings. The summed E-state index contributed by atoms with van der Waals surface area (Å²) in [6.07, 6.45) is 8.06. The molecule has 0 saturated heterocycles. The van der Waals surface area contributed by atoms with E-state index in [1.807, 2.05) is 6.92 Å². The molecule has 1 atom stereocenters. The molecule has 3 nitrogen and oxygen atoms in total. The van der Waals surface area contributed by atoms with Gasteiger partial charge in [-0.2, -0.15) is 0 Å². The summed E-state index contributed by atoms with van der Waals surface area (Å²) in [6, 6.07) is 6.44. The molecule has 1 N–H and O–H groups in total. The first-order valence-corrected chi connectivity index (χ1v) is 8.42. The highest BCUT2D eigenvalue weighted by molar-refractivity contribution is 5.81. The third-order valence-corrected chi connectivity index (χ3v) is 4.22. The Hall–Kier alpha value is -1.58. The van der Waals surface area contributed by atoms with E-state index in [4.69, 9.17) is 4.74 Å². The van der Waals surface area contributed by atoms with Crippen molar-refractivity contribution in [3.63, 3.8) is 0 Å². The van der Waals surface area contributed by atoms with Crippen LogP contribution in [0.5, 0.6) is 5.75 Å². The molecule has 4 heteroatoms. The molecule has 1 saturated carbocycles. The van der Waals surface area contributed by atoms with E-state index in [0.717, 1.165) is 25.7 Å². The minimum absolute atomic E-state index is 0.128. The van der Waals surface area contributed by atoms with Crippen LogP contribution >= 0.6 is 0 Å². The highest BCUT2D eigenvalue weighted by atomic mass is 19.1. The number of carbonyl (C=O) groups excluding carboxylic acids is 1. The molecule has 1 aliphatic carbocycles. The average Bonchev–Trinajstić information content (AvgIpc) is 2.49. The number of hydrogen-bond acceptors (Lipinski definition) is 2. The van der Waals surface area contributed by atoms with Crippen LogP contribution in [0, 0.1) is 5.82 Å². The number of benzene rings is 1. The van der Waals surface area contributed by atoms with Crippen molar-refractivity contribution in [1.82, 2.24) is 5.32 Å². The van der Waals surface area contributed by atoms with E-state index in [2.05, 4.69) is 5.32 Å². The van der Waals surface area contributed by atoms with Crippen molar-refractivity contribution in [2.75, 3.05) is 0 Å². The van der Waals surface area contributed by atoms with E-state index >= 15 is 0 Å². The molecule has 22 heavy (non-hydrogen) atoms. The zero-order valence-electron chi connectivity index (χ0n) is 13.3. The van der Waals surface area contributed by atoms with Crippen LogP contribution in [0.15, 0.2) is 24.3 Å². The van der Waals surface area contributed by atoms with E-state index < -0.39 is 11.9 Å². The molecule has 122 valence electrons. The third kappa shape index (κ3) is 5.00. The molecule has 1 aromatic carbocycles. The Labute approximate surface area is 132 Å². The van der Waals surface area contributed by atoms with E-state index in [1.165, 1.54) is 25.3 Å². The maximum absolute atomic E-state index is 13.7. The normalized spacial score (nSPS) is 18.1. The summed E-state index contributed by atoms with van der Waals surface area (Å²) >= 11 is 0. The lowest BCUT2D eigenvalue weighted by Gasteiger charge is -2.24. The molecular weight excluding hydrogens is 281 g/mol. The van der Waals surface area contributed by atoms with Gasteiger partial charge in [0, 0.05) is 6.04 Å². The van der Waals surface area contributed by atoms with E-state index in [0.29, 0.717) is 6.42 Å². The molecule has 1 fully saturated rings. The smallest absolute Gasteiger partial charge is 0.261 e. The second-order valence-electron chi connectivity index (χ2n) is 6.00. The largest absolute Gasteiger partial charge is 0.478 e. The molecule has 0 radical (unpaired) electrons. The Morgan fingerprint density at radius 1 is 1.23 bits per heavy atom.